The zero-order chi connectivity index (χ0) is 6.41. The minimum Gasteiger partial charge on any atom is -0.328 e. The molecule has 0 amide bonds. The van der Waals surface area contributed by atoms with Gasteiger partial charge in [-0.1, -0.05) is 6.92 Å². The van der Waals surface area contributed by atoms with Gasteiger partial charge in [-0.15, -0.1) is 0 Å². The molecule has 0 radical (unpaired) electrons. The molecule has 1 atom stereocenters. The van der Waals surface area contributed by atoms with Crippen LogP contribution in [-0.2, 0) is 3.07 Å². The van der Waals surface area contributed by atoms with Crippen molar-refractivity contribution in [3.63, 3.8) is 0 Å². The second kappa shape index (κ2) is 5.78. The molecular weight excluding hydrogens is 217 g/mol. The highest BCUT2D eigenvalue weighted by molar-refractivity contribution is 14.1. The highest BCUT2D eigenvalue weighted by Gasteiger charge is 1.95. The molecule has 0 fully saturated rings. The lowest BCUT2D eigenvalue weighted by Gasteiger charge is -2.04. The van der Waals surface area contributed by atoms with Crippen molar-refractivity contribution in [3.05, 3.63) is 0 Å². The molecular formula is C5H12INO. The smallest absolute Gasteiger partial charge is 0.109 e. The predicted octanol–water partition coefficient (Wildman–Crippen LogP) is 1.48. The molecule has 0 bridgehead atoms. The molecule has 0 aromatic rings. The Morgan fingerprint density at radius 2 is 2.38 bits per heavy atom. The minimum absolute atomic E-state index is 0.324. The predicted molar refractivity (Wildman–Crippen MR) is 42.9 cm³/mol. The summed E-state index contributed by atoms with van der Waals surface area (Å²) in [5.74, 6) is 0. The summed E-state index contributed by atoms with van der Waals surface area (Å²) in [6, 6.07) is 0.324. The molecule has 0 saturated carbocycles. The first-order chi connectivity index (χ1) is 3.81. The van der Waals surface area contributed by atoms with Crippen molar-refractivity contribution < 1.29 is 3.07 Å². The van der Waals surface area contributed by atoms with Crippen molar-refractivity contribution in [1.82, 2.24) is 0 Å². The van der Waals surface area contributed by atoms with Gasteiger partial charge in [-0.05, 0) is 12.8 Å². The molecule has 0 aromatic carbocycles. The molecule has 0 aliphatic carbocycles. The second-order valence-corrected chi connectivity index (χ2v) is 2.39. The summed E-state index contributed by atoms with van der Waals surface area (Å²) < 4.78 is 4.80. The van der Waals surface area contributed by atoms with E-state index < -0.39 is 0 Å². The Morgan fingerprint density at radius 3 is 2.75 bits per heavy atom. The summed E-state index contributed by atoms with van der Waals surface area (Å²) in [5.41, 5.74) is 5.58. The fourth-order valence-electron chi connectivity index (χ4n) is 0.400. The summed E-state index contributed by atoms with van der Waals surface area (Å²) in [7, 11) is 0. The van der Waals surface area contributed by atoms with Crippen molar-refractivity contribution in [2.75, 3.05) is 6.61 Å². The van der Waals surface area contributed by atoms with Crippen LogP contribution >= 0.6 is 23.0 Å². The van der Waals surface area contributed by atoms with Gasteiger partial charge in [0.25, 0.3) is 0 Å². The van der Waals surface area contributed by atoms with E-state index in [1.165, 1.54) is 0 Å². The van der Waals surface area contributed by atoms with E-state index in [1.54, 1.807) is 0 Å². The van der Waals surface area contributed by atoms with Crippen LogP contribution in [-0.4, -0.2) is 12.6 Å². The van der Waals surface area contributed by atoms with Crippen LogP contribution in [0, 0.1) is 0 Å². The van der Waals surface area contributed by atoms with E-state index in [1.807, 2.05) is 23.0 Å². The van der Waals surface area contributed by atoms with Gasteiger partial charge in [0.1, 0.15) is 23.0 Å². The van der Waals surface area contributed by atoms with E-state index in [9.17, 15) is 0 Å². The highest BCUT2D eigenvalue weighted by Crippen LogP contribution is 1.95. The van der Waals surface area contributed by atoms with Gasteiger partial charge in [0.15, 0.2) is 0 Å². The van der Waals surface area contributed by atoms with E-state index in [0.717, 1.165) is 19.4 Å². The molecule has 0 saturated heterocycles. The van der Waals surface area contributed by atoms with Crippen LogP contribution in [0.1, 0.15) is 19.8 Å². The van der Waals surface area contributed by atoms with E-state index in [0.29, 0.717) is 6.04 Å². The molecule has 0 rings (SSSR count). The van der Waals surface area contributed by atoms with Crippen LogP contribution in [0.4, 0.5) is 0 Å². The van der Waals surface area contributed by atoms with Crippen molar-refractivity contribution in [1.29, 1.82) is 0 Å². The number of halogens is 1. The first-order valence-electron chi connectivity index (χ1n) is 2.80. The summed E-state index contributed by atoms with van der Waals surface area (Å²) in [5, 5.41) is 0. The maximum atomic E-state index is 5.58. The van der Waals surface area contributed by atoms with Gasteiger partial charge in [0, 0.05) is 6.04 Å². The van der Waals surface area contributed by atoms with Gasteiger partial charge in [-0.25, -0.2) is 0 Å². The summed E-state index contributed by atoms with van der Waals surface area (Å²) in [6.45, 7) is 2.85. The standard InChI is InChI=1S/C5H12INO/c1-2-5(7)3-4-8-6/h5H,2-4,7H2,1H3. The molecule has 2 nitrogen and oxygen atoms in total. The lowest BCUT2D eigenvalue weighted by Crippen LogP contribution is -2.19. The number of nitrogens with two attached hydrogens (primary N) is 1. The average Bonchev–Trinajstić information content (AvgIpc) is 1.83. The van der Waals surface area contributed by atoms with E-state index in [4.69, 9.17) is 8.80 Å². The first kappa shape index (κ1) is 8.65. The van der Waals surface area contributed by atoms with Crippen molar-refractivity contribution >= 4 is 23.0 Å². The molecule has 0 aliphatic heterocycles. The van der Waals surface area contributed by atoms with Crippen molar-refractivity contribution in [3.8, 4) is 0 Å². The Balaban J connectivity index is 2.86. The van der Waals surface area contributed by atoms with Crippen LogP contribution in [0.25, 0.3) is 0 Å². The zero-order valence-electron chi connectivity index (χ0n) is 5.06. The van der Waals surface area contributed by atoms with Gasteiger partial charge in [-0.2, -0.15) is 0 Å². The van der Waals surface area contributed by atoms with Crippen LogP contribution < -0.4 is 5.73 Å². The summed E-state index contributed by atoms with van der Waals surface area (Å²) in [4.78, 5) is 0. The van der Waals surface area contributed by atoms with E-state index >= 15 is 0 Å². The molecule has 8 heavy (non-hydrogen) atoms. The number of hydrogen-bond acceptors (Lipinski definition) is 2. The Morgan fingerprint density at radius 1 is 1.75 bits per heavy atom. The van der Waals surface area contributed by atoms with Crippen molar-refractivity contribution in [2.45, 2.75) is 25.8 Å². The van der Waals surface area contributed by atoms with Crippen molar-refractivity contribution in [2.24, 2.45) is 5.73 Å². The third-order valence-corrected chi connectivity index (χ3v) is 1.53. The Bertz CT molecular complexity index is 51.7. The second-order valence-electron chi connectivity index (χ2n) is 1.77. The molecule has 0 aliphatic rings. The molecule has 0 spiro atoms. The third kappa shape index (κ3) is 4.80. The van der Waals surface area contributed by atoms with Gasteiger partial charge < -0.3 is 8.80 Å². The Labute approximate surface area is 64.5 Å². The maximum Gasteiger partial charge on any atom is 0.109 e. The molecule has 0 heterocycles. The third-order valence-electron chi connectivity index (χ3n) is 1.09. The van der Waals surface area contributed by atoms with Crippen LogP contribution in [0.3, 0.4) is 0 Å². The molecule has 1 unspecified atom stereocenters. The molecule has 50 valence electrons. The fraction of sp³-hybridized carbons (Fsp3) is 1.00. The van der Waals surface area contributed by atoms with Gasteiger partial charge in [0.05, 0.1) is 6.61 Å². The van der Waals surface area contributed by atoms with Gasteiger partial charge in [0.2, 0.25) is 0 Å². The maximum absolute atomic E-state index is 5.58. The van der Waals surface area contributed by atoms with E-state index in [2.05, 4.69) is 6.92 Å². The average molecular weight is 229 g/mol. The summed E-state index contributed by atoms with van der Waals surface area (Å²) in [6.07, 6.45) is 2.01. The lowest BCUT2D eigenvalue weighted by molar-refractivity contribution is 0.385. The number of hydrogen-bond donors (Lipinski definition) is 1. The first-order valence-corrected chi connectivity index (χ1v) is 3.68. The largest absolute Gasteiger partial charge is 0.328 e. The van der Waals surface area contributed by atoms with Crippen LogP contribution in [0.5, 0.6) is 0 Å². The normalized spacial score (nSPS) is 13.9. The van der Waals surface area contributed by atoms with E-state index in [-0.39, 0.29) is 0 Å². The lowest BCUT2D eigenvalue weighted by atomic mass is 10.2. The summed E-state index contributed by atoms with van der Waals surface area (Å²) >= 11 is 1.88. The Kier molecular flexibility index (Phi) is 6.25. The van der Waals surface area contributed by atoms with Crippen LogP contribution in [0.15, 0.2) is 0 Å². The zero-order valence-corrected chi connectivity index (χ0v) is 7.22. The Hall–Kier alpha value is 0.650. The highest BCUT2D eigenvalue weighted by atomic mass is 127. The minimum atomic E-state index is 0.324. The number of rotatable bonds is 4. The fourth-order valence-corrected chi connectivity index (χ4v) is 0.654. The van der Waals surface area contributed by atoms with Gasteiger partial charge >= 0.3 is 0 Å². The topological polar surface area (TPSA) is 35.2 Å². The SMILES string of the molecule is CCC(N)CCOI. The molecule has 2 N–H and O–H groups in total. The molecule has 3 heteroatoms. The monoisotopic (exact) mass is 229 g/mol. The quantitative estimate of drug-likeness (QED) is 0.741. The van der Waals surface area contributed by atoms with Gasteiger partial charge in [-0.3, -0.25) is 0 Å². The molecule has 0 aromatic heterocycles. The van der Waals surface area contributed by atoms with Crippen LogP contribution in [0.2, 0.25) is 0 Å².